The highest BCUT2D eigenvalue weighted by Crippen LogP contribution is 2.31. The van der Waals surface area contributed by atoms with Crippen molar-refractivity contribution in [2.75, 3.05) is 40.4 Å². The second kappa shape index (κ2) is 10.6. The van der Waals surface area contributed by atoms with E-state index in [-0.39, 0.29) is 6.04 Å². The molecule has 1 saturated carbocycles. The van der Waals surface area contributed by atoms with E-state index in [1.54, 1.807) is 14.2 Å². The van der Waals surface area contributed by atoms with E-state index in [1.807, 2.05) is 16.8 Å². The average molecular weight is 443 g/mol. The minimum absolute atomic E-state index is 0.237. The van der Waals surface area contributed by atoms with Gasteiger partial charge in [0, 0.05) is 38.8 Å². The van der Waals surface area contributed by atoms with Crippen LogP contribution in [0.4, 0.5) is 0 Å². The van der Waals surface area contributed by atoms with Crippen LogP contribution in [0, 0.1) is 5.92 Å². The predicted molar refractivity (Wildman–Crippen MR) is 124 cm³/mol. The van der Waals surface area contributed by atoms with Gasteiger partial charge in [-0.15, -0.1) is 5.10 Å². The van der Waals surface area contributed by atoms with E-state index in [1.165, 1.54) is 31.2 Å². The number of hydrogen-bond acceptors (Lipinski definition) is 7. The molecule has 1 aliphatic heterocycles. The van der Waals surface area contributed by atoms with Gasteiger partial charge in [-0.1, -0.05) is 32.8 Å². The highest BCUT2D eigenvalue weighted by Gasteiger charge is 2.33. The number of methoxy groups -OCH3 is 2. The van der Waals surface area contributed by atoms with Crippen LogP contribution in [0.1, 0.15) is 57.0 Å². The summed E-state index contributed by atoms with van der Waals surface area (Å²) in [5, 5.41) is 12.9. The normalized spacial score (nSPS) is 19.5. The Morgan fingerprint density at radius 1 is 1.00 bits per heavy atom. The minimum Gasteiger partial charge on any atom is -0.493 e. The molecule has 176 valence electrons. The Labute approximate surface area is 191 Å². The molecule has 2 heterocycles. The van der Waals surface area contributed by atoms with E-state index in [9.17, 15) is 0 Å². The van der Waals surface area contributed by atoms with E-state index in [0.29, 0.717) is 5.92 Å². The highest BCUT2D eigenvalue weighted by atomic mass is 16.5. The number of hydrogen-bond donors (Lipinski definition) is 0. The molecule has 0 N–H and O–H groups in total. The van der Waals surface area contributed by atoms with Crippen LogP contribution in [-0.4, -0.2) is 76.4 Å². The standard InChI is InChI=1S/C24H38N6O2/c1-18(2)23(29-15-13-28(14-16-29)20-7-5-6-8-20)24-25-26-27-30(24)12-11-19-9-10-21(31-3)22(17-19)32-4/h9-10,17-18,20,23H,5-8,11-16H2,1-4H3/t23-/m0/s1. The number of rotatable bonds is 9. The quantitative estimate of drug-likeness (QED) is 0.591. The van der Waals surface area contributed by atoms with Crippen molar-refractivity contribution in [2.24, 2.45) is 5.92 Å². The maximum Gasteiger partial charge on any atom is 0.168 e. The Bertz CT molecular complexity index is 856. The molecule has 0 radical (unpaired) electrons. The second-order valence-corrected chi connectivity index (χ2v) is 9.40. The van der Waals surface area contributed by atoms with Crippen molar-refractivity contribution in [3.05, 3.63) is 29.6 Å². The topological polar surface area (TPSA) is 68.5 Å². The zero-order valence-electron chi connectivity index (χ0n) is 20.0. The van der Waals surface area contributed by atoms with Crippen LogP contribution in [0.25, 0.3) is 0 Å². The monoisotopic (exact) mass is 442 g/mol. The van der Waals surface area contributed by atoms with Crippen LogP contribution in [0.3, 0.4) is 0 Å². The van der Waals surface area contributed by atoms with Gasteiger partial charge >= 0.3 is 0 Å². The van der Waals surface area contributed by atoms with Gasteiger partial charge in [-0.3, -0.25) is 9.80 Å². The lowest BCUT2D eigenvalue weighted by Crippen LogP contribution is -2.51. The lowest BCUT2D eigenvalue weighted by atomic mass is 10.00. The summed E-state index contributed by atoms with van der Waals surface area (Å²) < 4.78 is 12.8. The van der Waals surface area contributed by atoms with Crippen molar-refractivity contribution in [2.45, 2.75) is 64.6 Å². The molecule has 0 amide bonds. The molecule has 8 nitrogen and oxygen atoms in total. The number of nitrogens with zero attached hydrogens (tertiary/aromatic N) is 6. The van der Waals surface area contributed by atoms with Crippen molar-refractivity contribution in [1.82, 2.24) is 30.0 Å². The Kier molecular flexibility index (Phi) is 7.63. The molecule has 32 heavy (non-hydrogen) atoms. The average Bonchev–Trinajstić information content (AvgIpc) is 3.50. The van der Waals surface area contributed by atoms with E-state index < -0.39 is 0 Å². The Morgan fingerprint density at radius 2 is 1.72 bits per heavy atom. The van der Waals surface area contributed by atoms with Crippen LogP contribution in [0.15, 0.2) is 18.2 Å². The van der Waals surface area contributed by atoms with Crippen LogP contribution in [0.2, 0.25) is 0 Å². The summed E-state index contributed by atoms with van der Waals surface area (Å²) in [6.07, 6.45) is 6.38. The van der Waals surface area contributed by atoms with Gasteiger partial charge in [0.25, 0.3) is 0 Å². The van der Waals surface area contributed by atoms with Crippen LogP contribution >= 0.6 is 0 Å². The van der Waals surface area contributed by atoms with Gasteiger partial charge < -0.3 is 9.47 Å². The maximum absolute atomic E-state index is 5.45. The first-order valence-electron chi connectivity index (χ1n) is 12.1. The van der Waals surface area contributed by atoms with Gasteiger partial charge in [-0.25, -0.2) is 4.68 Å². The molecule has 2 fully saturated rings. The highest BCUT2D eigenvalue weighted by molar-refractivity contribution is 5.42. The van der Waals surface area contributed by atoms with Gasteiger partial charge in [0.15, 0.2) is 17.3 Å². The number of ether oxygens (including phenoxy) is 2. The molecule has 8 heteroatoms. The van der Waals surface area contributed by atoms with Crippen LogP contribution in [-0.2, 0) is 13.0 Å². The van der Waals surface area contributed by atoms with E-state index in [2.05, 4.69) is 45.2 Å². The first kappa shape index (κ1) is 23.0. The van der Waals surface area contributed by atoms with Gasteiger partial charge in [0.1, 0.15) is 0 Å². The van der Waals surface area contributed by atoms with E-state index in [0.717, 1.165) is 62.5 Å². The molecule has 0 bridgehead atoms. The third-order valence-electron chi connectivity index (χ3n) is 7.10. The summed E-state index contributed by atoms with van der Waals surface area (Å²) in [6, 6.07) is 7.11. The maximum atomic E-state index is 5.45. The minimum atomic E-state index is 0.237. The molecule has 1 aromatic heterocycles. The van der Waals surface area contributed by atoms with Gasteiger partial charge in [-0.05, 0) is 53.3 Å². The molecule has 1 atom stereocenters. The fourth-order valence-electron chi connectivity index (χ4n) is 5.39. The Hall–Kier alpha value is -2.19. The van der Waals surface area contributed by atoms with Crippen molar-refractivity contribution in [3.63, 3.8) is 0 Å². The summed E-state index contributed by atoms with van der Waals surface area (Å²) in [6.45, 7) is 9.78. The summed E-state index contributed by atoms with van der Waals surface area (Å²) in [5.74, 6) is 2.92. The number of benzene rings is 1. The molecule has 1 saturated heterocycles. The van der Waals surface area contributed by atoms with Crippen LogP contribution in [0.5, 0.6) is 11.5 Å². The first-order chi connectivity index (χ1) is 15.6. The lowest BCUT2D eigenvalue weighted by Gasteiger charge is -2.42. The van der Waals surface area contributed by atoms with Crippen LogP contribution < -0.4 is 9.47 Å². The molecule has 1 aliphatic carbocycles. The van der Waals surface area contributed by atoms with Crippen molar-refractivity contribution >= 4 is 0 Å². The lowest BCUT2D eigenvalue weighted by molar-refractivity contribution is 0.0499. The fourth-order valence-corrected chi connectivity index (χ4v) is 5.39. The zero-order chi connectivity index (χ0) is 22.5. The van der Waals surface area contributed by atoms with Crippen molar-refractivity contribution in [3.8, 4) is 11.5 Å². The van der Waals surface area contributed by atoms with E-state index >= 15 is 0 Å². The fraction of sp³-hybridized carbons (Fsp3) is 0.708. The Balaban J connectivity index is 1.42. The zero-order valence-corrected chi connectivity index (χ0v) is 20.0. The molecule has 4 rings (SSSR count). The SMILES string of the molecule is COc1ccc(CCn2nnnc2[C@H](C(C)C)N2CCN(C3CCCC3)CC2)cc1OC. The molecular weight excluding hydrogens is 404 g/mol. The smallest absolute Gasteiger partial charge is 0.168 e. The largest absolute Gasteiger partial charge is 0.493 e. The van der Waals surface area contributed by atoms with Crippen molar-refractivity contribution < 1.29 is 9.47 Å². The second-order valence-electron chi connectivity index (χ2n) is 9.40. The van der Waals surface area contributed by atoms with E-state index in [4.69, 9.17) is 9.47 Å². The summed E-state index contributed by atoms with van der Waals surface area (Å²) in [4.78, 5) is 5.30. The Morgan fingerprint density at radius 3 is 2.38 bits per heavy atom. The number of tetrazole rings is 1. The number of aryl methyl sites for hydroxylation is 2. The molecule has 2 aromatic rings. The van der Waals surface area contributed by atoms with Gasteiger partial charge in [0.2, 0.25) is 0 Å². The van der Waals surface area contributed by atoms with Crippen molar-refractivity contribution in [1.29, 1.82) is 0 Å². The predicted octanol–water partition coefficient (Wildman–Crippen LogP) is 3.19. The summed E-state index contributed by atoms with van der Waals surface area (Å²) >= 11 is 0. The molecule has 0 unspecified atom stereocenters. The molecule has 2 aliphatic rings. The third kappa shape index (κ3) is 5.07. The van der Waals surface area contributed by atoms with Gasteiger partial charge in [0.05, 0.1) is 20.3 Å². The summed E-state index contributed by atoms with van der Waals surface area (Å²) in [5.41, 5.74) is 1.18. The molecule has 0 spiro atoms. The summed E-state index contributed by atoms with van der Waals surface area (Å²) in [7, 11) is 3.32. The van der Waals surface area contributed by atoms with Gasteiger partial charge in [-0.2, -0.15) is 0 Å². The molecule has 1 aromatic carbocycles. The molecular formula is C24H38N6O2. The number of piperazine rings is 1. The first-order valence-corrected chi connectivity index (χ1v) is 12.1. The number of aromatic nitrogens is 4. The third-order valence-corrected chi connectivity index (χ3v) is 7.10.